The van der Waals surface area contributed by atoms with E-state index in [0.717, 1.165) is 24.4 Å². The van der Waals surface area contributed by atoms with E-state index in [-0.39, 0.29) is 0 Å². The largest absolute Gasteiger partial charge is 0.309 e. The van der Waals surface area contributed by atoms with E-state index in [4.69, 9.17) is 0 Å². The SMILES string of the molecule is C=CCC(NCCC)c1cnc(C)s1. The van der Waals surface area contributed by atoms with Gasteiger partial charge in [0.1, 0.15) is 0 Å². The van der Waals surface area contributed by atoms with Gasteiger partial charge in [0.15, 0.2) is 0 Å². The van der Waals surface area contributed by atoms with Gasteiger partial charge in [-0.2, -0.15) is 0 Å². The summed E-state index contributed by atoms with van der Waals surface area (Å²) >= 11 is 1.76. The third-order valence-corrected chi connectivity index (χ3v) is 3.05. The Hall–Kier alpha value is -0.670. The van der Waals surface area contributed by atoms with E-state index in [0.29, 0.717) is 6.04 Å². The summed E-state index contributed by atoms with van der Waals surface area (Å²) in [6.07, 6.45) is 6.06. The molecule has 0 aliphatic rings. The summed E-state index contributed by atoms with van der Waals surface area (Å²) in [5.41, 5.74) is 0. The lowest BCUT2D eigenvalue weighted by Gasteiger charge is -2.14. The summed E-state index contributed by atoms with van der Waals surface area (Å²) in [5, 5.41) is 4.63. The molecule has 0 saturated heterocycles. The minimum atomic E-state index is 0.402. The van der Waals surface area contributed by atoms with Crippen LogP contribution in [-0.2, 0) is 0 Å². The minimum absolute atomic E-state index is 0.402. The molecule has 1 atom stereocenters. The van der Waals surface area contributed by atoms with E-state index in [2.05, 4.69) is 23.8 Å². The molecule has 3 heteroatoms. The quantitative estimate of drug-likeness (QED) is 0.730. The Balaban J connectivity index is 2.61. The van der Waals surface area contributed by atoms with Crippen LogP contribution in [0.2, 0.25) is 0 Å². The summed E-state index contributed by atoms with van der Waals surface area (Å²) in [6.45, 7) is 9.05. The van der Waals surface area contributed by atoms with E-state index >= 15 is 0 Å². The van der Waals surface area contributed by atoms with Crippen molar-refractivity contribution in [1.29, 1.82) is 0 Å². The maximum Gasteiger partial charge on any atom is 0.0897 e. The maximum atomic E-state index is 4.27. The molecule has 0 amide bonds. The van der Waals surface area contributed by atoms with Gasteiger partial charge in [-0.15, -0.1) is 17.9 Å². The van der Waals surface area contributed by atoms with Crippen molar-refractivity contribution in [1.82, 2.24) is 10.3 Å². The molecular formula is C11H18N2S. The first kappa shape index (κ1) is 11.4. The fourth-order valence-corrected chi connectivity index (χ4v) is 2.20. The van der Waals surface area contributed by atoms with E-state index in [9.17, 15) is 0 Å². The molecule has 0 saturated carbocycles. The second kappa shape index (κ2) is 5.94. The number of hydrogen-bond acceptors (Lipinski definition) is 3. The summed E-state index contributed by atoms with van der Waals surface area (Å²) in [5.74, 6) is 0. The van der Waals surface area contributed by atoms with E-state index in [1.165, 1.54) is 4.88 Å². The van der Waals surface area contributed by atoms with Crippen LogP contribution < -0.4 is 5.32 Å². The molecule has 1 aromatic rings. The molecule has 0 radical (unpaired) electrons. The Kier molecular flexibility index (Phi) is 4.84. The van der Waals surface area contributed by atoms with Crippen molar-refractivity contribution in [2.24, 2.45) is 0 Å². The van der Waals surface area contributed by atoms with Gasteiger partial charge < -0.3 is 5.32 Å². The predicted octanol–water partition coefficient (Wildman–Crippen LogP) is 3.07. The highest BCUT2D eigenvalue weighted by Crippen LogP contribution is 2.23. The minimum Gasteiger partial charge on any atom is -0.309 e. The van der Waals surface area contributed by atoms with Crippen molar-refractivity contribution < 1.29 is 0 Å². The molecule has 0 aliphatic heterocycles. The maximum absolute atomic E-state index is 4.27. The molecule has 1 aromatic heterocycles. The monoisotopic (exact) mass is 210 g/mol. The van der Waals surface area contributed by atoms with Crippen LogP contribution in [0, 0.1) is 6.92 Å². The summed E-state index contributed by atoms with van der Waals surface area (Å²) in [7, 11) is 0. The Morgan fingerprint density at radius 1 is 1.71 bits per heavy atom. The molecule has 1 unspecified atom stereocenters. The first-order chi connectivity index (χ1) is 6.77. The molecule has 14 heavy (non-hydrogen) atoms. The highest BCUT2D eigenvalue weighted by molar-refractivity contribution is 7.11. The lowest BCUT2D eigenvalue weighted by atomic mass is 10.2. The number of aryl methyl sites for hydroxylation is 1. The zero-order valence-corrected chi connectivity index (χ0v) is 9.73. The standard InChI is InChI=1S/C11H18N2S/c1-4-6-10(12-7-5-2)11-8-13-9(3)14-11/h4,8,10,12H,1,5-7H2,2-3H3. The third kappa shape index (κ3) is 3.24. The average molecular weight is 210 g/mol. The average Bonchev–Trinajstić information content (AvgIpc) is 2.59. The fraction of sp³-hybridized carbons (Fsp3) is 0.545. The normalized spacial score (nSPS) is 12.7. The van der Waals surface area contributed by atoms with Gasteiger partial charge in [-0.1, -0.05) is 13.0 Å². The molecule has 1 heterocycles. The second-order valence-corrected chi connectivity index (χ2v) is 4.58. The lowest BCUT2D eigenvalue weighted by molar-refractivity contribution is 0.544. The molecule has 0 aliphatic carbocycles. The van der Waals surface area contributed by atoms with Crippen molar-refractivity contribution in [3.63, 3.8) is 0 Å². The van der Waals surface area contributed by atoms with Crippen LogP contribution in [0.25, 0.3) is 0 Å². The Morgan fingerprint density at radius 2 is 2.50 bits per heavy atom. The number of rotatable bonds is 6. The van der Waals surface area contributed by atoms with Crippen LogP contribution in [0.4, 0.5) is 0 Å². The van der Waals surface area contributed by atoms with E-state index in [1.807, 2.05) is 19.2 Å². The Morgan fingerprint density at radius 3 is 3.00 bits per heavy atom. The van der Waals surface area contributed by atoms with Crippen LogP contribution in [0.1, 0.15) is 35.7 Å². The van der Waals surface area contributed by atoms with Crippen LogP contribution in [0.5, 0.6) is 0 Å². The smallest absolute Gasteiger partial charge is 0.0897 e. The van der Waals surface area contributed by atoms with Crippen LogP contribution in [0.15, 0.2) is 18.9 Å². The van der Waals surface area contributed by atoms with Gasteiger partial charge >= 0.3 is 0 Å². The zero-order valence-electron chi connectivity index (χ0n) is 8.92. The van der Waals surface area contributed by atoms with Gasteiger partial charge in [0.25, 0.3) is 0 Å². The summed E-state index contributed by atoms with van der Waals surface area (Å²) < 4.78 is 0. The first-order valence-electron chi connectivity index (χ1n) is 5.04. The van der Waals surface area contributed by atoms with Gasteiger partial charge in [-0.3, -0.25) is 0 Å². The van der Waals surface area contributed by atoms with E-state index < -0.39 is 0 Å². The molecule has 78 valence electrons. The molecule has 0 aromatic carbocycles. The highest BCUT2D eigenvalue weighted by atomic mass is 32.1. The first-order valence-corrected chi connectivity index (χ1v) is 5.86. The predicted molar refractivity (Wildman–Crippen MR) is 62.7 cm³/mol. The van der Waals surface area contributed by atoms with Gasteiger partial charge in [0, 0.05) is 17.1 Å². The van der Waals surface area contributed by atoms with Crippen molar-refractivity contribution in [2.45, 2.75) is 32.7 Å². The van der Waals surface area contributed by atoms with Crippen LogP contribution in [0.3, 0.4) is 0 Å². The van der Waals surface area contributed by atoms with Gasteiger partial charge in [-0.05, 0) is 26.3 Å². The molecule has 0 bridgehead atoms. The zero-order chi connectivity index (χ0) is 10.4. The van der Waals surface area contributed by atoms with Gasteiger partial charge in [-0.25, -0.2) is 4.98 Å². The molecule has 1 N–H and O–H groups in total. The fourth-order valence-electron chi connectivity index (χ4n) is 1.32. The Bertz CT molecular complexity index is 281. The number of nitrogens with zero attached hydrogens (tertiary/aromatic N) is 1. The van der Waals surface area contributed by atoms with E-state index in [1.54, 1.807) is 11.3 Å². The second-order valence-electron chi connectivity index (χ2n) is 3.31. The van der Waals surface area contributed by atoms with Crippen molar-refractivity contribution in [3.8, 4) is 0 Å². The van der Waals surface area contributed by atoms with Gasteiger partial charge in [0.2, 0.25) is 0 Å². The molecular weight excluding hydrogens is 192 g/mol. The van der Waals surface area contributed by atoms with Crippen molar-refractivity contribution in [2.75, 3.05) is 6.54 Å². The Labute approximate surface area is 90.1 Å². The summed E-state index contributed by atoms with van der Waals surface area (Å²) in [4.78, 5) is 5.59. The molecule has 1 rings (SSSR count). The van der Waals surface area contributed by atoms with Crippen molar-refractivity contribution >= 4 is 11.3 Å². The topological polar surface area (TPSA) is 24.9 Å². The van der Waals surface area contributed by atoms with Crippen LogP contribution >= 0.6 is 11.3 Å². The van der Waals surface area contributed by atoms with Gasteiger partial charge in [0.05, 0.1) is 5.01 Å². The van der Waals surface area contributed by atoms with Crippen molar-refractivity contribution in [3.05, 3.63) is 28.7 Å². The van der Waals surface area contributed by atoms with Crippen LogP contribution in [-0.4, -0.2) is 11.5 Å². The third-order valence-electron chi connectivity index (χ3n) is 2.03. The lowest BCUT2D eigenvalue weighted by Crippen LogP contribution is -2.20. The highest BCUT2D eigenvalue weighted by Gasteiger charge is 2.10. The number of thiazole rings is 1. The molecule has 0 fully saturated rings. The molecule has 2 nitrogen and oxygen atoms in total. The summed E-state index contributed by atoms with van der Waals surface area (Å²) in [6, 6.07) is 0.402. The number of nitrogens with one attached hydrogen (secondary N) is 1. The molecule has 0 spiro atoms. The number of aromatic nitrogens is 1. The number of hydrogen-bond donors (Lipinski definition) is 1.